The maximum atomic E-state index is 9.83. The van der Waals surface area contributed by atoms with Crippen LogP contribution in [0.2, 0.25) is 0 Å². The molecule has 0 aromatic heterocycles. The van der Waals surface area contributed by atoms with Crippen LogP contribution < -0.4 is 5.32 Å². The van der Waals surface area contributed by atoms with Crippen LogP contribution in [0.4, 0.5) is 0 Å². The van der Waals surface area contributed by atoms with Crippen LogP contribution >= 0.6 is 12.4 Å². The molecular weight excluding hydrogens is 204 g/mol. The smallest absolute Gasteiger partial charge is 0.293 e. The topological polar surface area (TPSA) is 41.6 Å². The number of piperazine rings is 1. The second-order valence-electron chi connectivity index (χ2n) is 3.27. The van der Waals surface area contributed by atoms with Crippen molar-refractivity contribution in [2.45, 2.75) is 12.8 Å². The fourth-order valence-corrected chi connectivity index (χ4v) is 1.50. The molecule has 1 aliphatic heterocycles. The quantitative estimate of drug-likeness (QED) is 0.518. The summed E-state index contributed by atoms with van der Waals surface area (Å²) in [6, 6.07) is 0. The number of hydrogen-bond donors (Lipinski definition) is 1. The van der Waals surface area contributed by atoms with Crippen LogP contribution in [0.15, 0.2) is 0 Å². The van der Waals surface area contributed by atoms with Crippen LogP contribution in [0.25, 0.3) is 0 Å². The number of carbonyl (C=O) groups excluding carboxylic acids is 1. The summed E-state index contributed by atoms with van der Waals surface area (Å²) in [7, 11) is 0. The van der Waals surface area contributed by atoms with Crippen molar-refractivity contribution >= 4 is 18.9 Å². The Morgan fingerprint density at radius 1 is 1.29 bits per heavy atom. The second kappa shape index (κ2) is 9.24. The fourth-order valence-electron chi connectivity index (χ4n) is 1.50. The van der Waals surface area contributed by atoms with Crippen molar-refractivity contribution in [3.63, 3.8) is 0 Å². The molecule has 0 unspecified atom stereocenters. The Bertz CT molecular complexity index is 141. The molecule has 1 fully saturated rings. The average Bonchev–Trinajstić information content (AvgIpc) is 2.19. The van der Waals surface area contributed by atoms with E-state index in [1.54, 1.807) is 0 Å². The van der Waals surface area contributed by atoms with Gasteiger partial charge in [-0.1, -0.05) is 0 Å². The standard InChI is InChI=1S/C9H18N2O2.ClH/c12-9-13-8-2-1-5-11-6-3-10-4-7-11;/h9-10H,1-8H2;1H. The van der Waals surface area contributed by atoms with Crippen LogP contribution in [-0.2, 0) is 9.53 Å². The number of halogens is 1. The lowest BCUT2D eigenvalue weighted by atomic mass is 10.3. The van der Waals surface area contributed by atoms with E-state index in [1.165, 1.54) is 0 Å². The van der Waals surface area contributed by atoms with Gasteiger partial charge in [-0.25, -0.2) is 0 Å². The predicted octanol–water partition coefficient (Wildman–Crippen LogP) is 0.267. The van der Waals surface area contributed by atoms with Crippen LogP contribution in [-0.4, -0.2) is 50.7 Å². The van der Waals surface area contributed by atoms with Gasteiger partial charge in [0.05, 0.1) is 6.61 Å². The van der Waals surface area contributed by atoms with E-state index >= 15 is 0 Å². The van der Waals surface area contributed by atoms with Gasteiger partial charge in [-0.15, -0.1) is 12.4 Å². The molecule has 5 heteroatoms. The number of carbonyl (C=O) groups is 1. The van der Waals surface area contributed by atoms with Crippen LogP contribution in [0.1, 0.15) is 12.8 Å². The van der Waals surface area contributed by atoms with Gasteiger partial charge in [0.25, 0.3) is 6.47 Å². The van der Waals surface area contributed by atoms with Gasteiger partial charge in [-0.2, -0.15) is 0 Å². The molecule has 0 radical (unpaired) electrons. The molecule has 84 valence electrons. The van der Waals surface area contributed by atoms with Gasteiger partial charge in [0.15, 0.2) is 0 Å². The van der Waals surface area contributed by atoms with Gasteiger partial charge in [0, 0.05) is 26.2 Å². The zero-order valence-electron chi connectivity index (χ0n) is 8.41. The molecule has 0 amide bonds. The van der Waals surface area contributed by atoms with Gasteiger partial charge in [0.1, 0.15) is 0 Å². The summed E-state index contributed by atoms with van der Waals surface area (Å²) in [6.45, 7) is 6.71. The van der Waals surface area contributed by atoms with Crippen molar-refractivity contribution < 1.29 is 9.53 Å². The Balaban J connectivity index is 0.00000169. The van der Waals surface area contributed by atoms with Crippen LogP contribution in [0.3, 0.4) is 0 Å². The lowest BCUT2D eigenvalue weighted by Gasteiger charge is -2.26. The van der Waals surface area contributed by atoms with Crippen molar-refractivity contribution in [2.24, 2.45) is 0 Å². The molecule has 1 heterocycles. The van der Waals surface area contributed by atoms with Gasteiger partial charge in [-0.05, 0) is 19.4 Å². The third-order valence-electron chi connectivity index (χ3n) is 2.26. The summed E-state index contributed by atoms with van der Waals surface area (Å²) in [5.74, 6) is 0. The zero-order valence-corrected chi connectivity index (χ0v) is 9.22. The van der Waals surface area contributed by atoms with Crippen molar-refractivity contribution in [3.8, 4) is 0 Å². The first-order valence-electron chi connectivity index (χ1n) is 4.92. The maximum Gasteiger partial charge on any atom is 0.293 e. The molecule has 0 aromatic rings. The lowest BCUT2D eigenvalue weighted by Crippen LogP contribution is -2.43. The molecule has 1 N–H and O–H groups in total. The Kier molecular flexibility index (Phi) is 9.03. The van der Waals surface area contributed by atoms with Crippen molar-refractivity contribution in [1.29, 1.82) is 0 Å². The maximum absolute atomic E-state index is 9.83. The molecule has 0 saturated carbocycles. The zero-order chi connectivity index (χ0) is 9.36. The molecule has 1 saturated heterocycles. The minimum Gasteiger partial charge on any atom is -0.468 e. The molecule has 1 aliphatic rings. The molecular formula is C9H19ClN2O2. The molecule has 0 aromatic carbocycles. The van der Waals surface area contributed by atoms with E-state index in [2.05, 4.69) is 15.0 Å². The molecule has 1 rings (SSSR count). The van der Waals surface area contributed by atoms with E-state index in [0.29, 0.717) is 13.1 Å². The highest BCUT2D eigenvalue weighted by Gasteiger charge is 2.07. The average molecular weight is 223 g/mol. The number of ether oxygens (including phenoxy) is 1. The van der Waals surface area contributed by atoms with E-state index in [4.69, 9.17) is 0 Å². The van der Waals surface area contributed by atoms with Gasteiger partial charge in [-0.3, -0.25) is 4.79 Å². The summed E-state index contributed by atoms with van der Waals surface area (Å²) in [6.07, 6.45) is 2.09. The van der Waals surface area contributed by atoms with E-state index in [1.807, 2.05) is 0 Å². The Hall–Kier alpha value is -0.320. The Labute approximate surface area is 91.4 Å². The van der Waals surface area contributed by atoms with Crippen LogP contribution in [0, 0.1) is 0 Å². The highest BCUT2D eigenvalue weighted by molar-refractivity contribution is 5.85. The normalized spacial score (nSPS) is 17.1. The summed E-state index contributed by atoms with van der Waals surface area (Å²) in [5.41, 5.74) is 0. The Morgan fingerprint density at radius 2 is 2.00 bits per heavy atom. The SMILES string of the molecule is Cl.O=COCCCCN1CCNCC1. The first-order valence-corrected chi connectivity index (χ1v) is 4.92. The van der Waals surface area contributed by atoms with Crippen molar-refractivity contribution in [2.75, 3.05) is 39.3 Å². The largest absolute Gasteiger partial charge is 0.468 e. The summed E-state index contributed by atoms with van der Waals surface area (Å²) < 4.78 is 4.61. The van der Waals surface area contributed by atoms with Crippen molar-refractivity contribution in [1.82, 2.24) is 10.2 Å². The van der Waals surface area contributed by atoms with Crippen LogP contribution in [0.5, 0.6) is 0 Å². The van der Waals surface area contributed by atoms with Gasteiger partial charge in [0.2, 0.25) is 0 Å². The van der Waals surface area contributed by atoms with E-state index in [9.17, 15) is 4.79 Å². The van der Waals surface area contributed by atoms with E-state index in [-0.39, 0.29) is 12.4 Å². The number of nitrogens with one attached hydrogen (secondary N) is 1. The third kappa shape index (κ3) is 6.18. The number of unbranched alkanes of at least 4 members (excludes halogenated alkanes) is 1. The fraction of sp³-hybridized carbons (Fsp3) is 0.889. The second-order valence-corrected chi connectivity index (χ2v) is 3.27. The van der Waals surface area contributed by atoms with E-state index < -0.39 is 0 Å². The molecule has 14 heavy (non-hydrogen) atoms. The molecule has 0 bridgehead atoms. The monoisotopic (exact) mass is 222 g/mol. The molecule has 0 atom stereocenters. The van der Waals surface area contributed by atoms with Gasteiger partial charge < -0.3 is 15.0 Å². The molecule has 0 aliphatic carbocycles. The lowest BCUT2D eigenvalue weighted by molar-refractivity contribution is -0.128. The minimum atomic E-state index is 0. The van der Waals surface area contributed by atoms with E-state index in [0.717, 1.165) is 45.6 Å². The van der Waals surface area contributed by atoms with Gasteiger partial charge >= 0.3 is 0 Å². The summed E-state index contributed by atoms with van der Waals surface area (Å²) >= 11 is 0. The first-order chi connectivity index (χ1) is 6.43. The molecule has 0 spiro atoms. The summed E-state index contributed by atoms with van der Waals surface area (Å²) in [4.78, 5) is 12.3. The Morgan fingerprint density at radius 3 is 2.64 bits per heavy atom. The number of rotatable bonds is 6. The molecule has 4 nitrogen and oxygen atoms in total. The first kappa shape index (κ1) is 13.7. The third-order valence-corrected chi connectivity index (χ3v) is 2.26. The number of hydrogen-bond acceptors (Lipinski definition) is 4. The minimum absolute atomic E-state index is 0. The highest BCUT2D eigenvalue weighted by atomic mass is 35.5. The predicted molar refractivity (Wildman–Crippen MR) is 57.8 cm³/mol. The van der Waals surface area contributed by atoms with Crippen molar-refractivity contribution in [3.05, 3.63) is 0 Å². The highest BCUT2D eigenvalue weighted by Crippen LogP contribution is 1.97. The number of nitrogens with zero attached hydrogens (tertiary/aromatic N) is 1. The summed E-state index contributed by atoms with van der Waals surface area (Å²) in [5, 5.41) is 3.31.